The zero-order valence-electron chi connectivity index (χ0n) is 10.7. The van der Waals surface area contributed by atoms with Crippen molar-refractivity contribution >= 4 is 27.5 Å². The van der Waals surface area contributed by atoms with Gasteiger partial charge in [-0.2, -0.15) is 0 Å². The minimum atomic E-state index is 0.490. The highest BCUT2D eigenvalue weighted by atomic mass is 79.9. The van der Waals surface area contributed by atoms with E-state index >= 15 is 0 Å². The summed E-state index contributed by atoms with van der Waals surface area (Å²) in [6, 6.07) is 5.99. The molecule has 0 aliphatic carbocycles. The third-order valence-electron chi connectivity index (χ3n) is 2.32. The number of benzene rings is 1. The van der Waals surface area contributed by atoms with Crippen LogP contribution in [-0.4, -0.2) is 13.2 Å². The van der Waals surface area contributed by atoms with Gasteiger partial charge in [-0.3, -0.25) is 0 Å². The molecule has 0 aliphatic heterocycles. The van der Waals surface area contributed by atoms with Gasteiger partial charge in [-0.15, -0.1) is 0 Å². The van der Waals surface area contributed by atoms with Crippen molar-refractivity contribution in [3.63, 3.8) is 0 Å². The molecule has 18 heavy (non-hydrogen) atoms. The van der Waals surface area contributed by atoms with Crippen LogP contribution in [0.3, 0.4) is 0 Å². The van der Waals surface area contributed by atoms with Crippen LogP contribution in [0, 0.1) is 5.92 Å². The Morgan fingerprint density at radius 2 is 2.22 bits per heavy atom. The minimum Gasteiger partial charge on any atom is -0.489 e. The fourth-order valence-corrected chi connectivity index (χ4v) is 1.91. The maximum atomic E-state index is 5.55. The molecule has 0 bridgehead atoms. The molecule has 0 aliphatic rings. The van der Waals surface area contributed by atoms with Gasteiger partial charge in [0, 0.05) is 16.6 Å². The average molecular weight is 333 g/mol. The van der Waals surface area contributed by atoms with Gasteiger partial charge in [0.25, 0.3) is 0 Å². The smallest absolute Gasteiger partial charge is 0.120 e. The average Bonchev–Trinajstić information content (AvgIpc) is 2.33. The molecule has 0 fully saturated rings. The highest BCUT2D eigenvalue weighted by molar-refractivity contribution is 9.10. The van der Waals surface area contributed by atoms with Crippen molar-refractivity contribution in [1.82, 2.24) is 5.32 Å². The first-order chi connectivity index (χ1) is 8.63. The molecule has 4 heteroatoms. The van der Waals surface area contributed by atoms with E-state index in [0.29, 0.717) is 12.5 Å². The quantitative estimate of drug-likeness (QED) is 0.802. The van der Waals surface area contributed by atoms with E-state index in [1.165, 1.54) is 11.1 Å². The molecule has 100 valence electrons. The second-order valence-corrected chi connectivity index (χ2v) is 5.56. The summed E-state index contributed by atoms with van der Waals surface area (Å²) in [4.78, 5) is 0. The van der Waals surface area contributed by atoms with Gasteiger partial charge in [0.05, 0.1) is 0 Å². The molecule has 0 amide bonds. The number of hydrogen-bond donors (Lipinski definition) is 1. The van der Waals surface area contributed by atoms with Crippen LogP contribution >= 0.6 is 27.5 Å². The second kappa shape index (κ2) is 8.57. The lowest BCUT2D eigenvalue weighted by Crippen LogP contribution is -2.19. The normalized spacial score (nSPS) is 11.4. The highest BCUT2D eigenvalue weighted by Gasteiger charge is 2.03. The molecule has 1 rings (SSSR count). The fourth-order valence-electron chi connectivity index (χ4n) is 1.45. The molecule has 2 nitrogen and oxygen atoms in total. The lowest BCUT2D eigenvalue weighted by molar-refractivity contribution is 0.362. The first-order valence-corrected chi connectivity index (χ1v) is 7.23. The first-order valence-electron chi connectivity index (χ1n) is 6.00. The molecule has 0 saturated carbocycles. The van der Waals surface area contributed by atoms with Gasteiger partial charge in [0.15, 0.2) is 0 Å². The summed E-state index contributed by atoms with van der Waals surface area (Å²) >= 11 is 8.99. The van der Waals surface area contributed by atoms with Crippen LogP contribution in [-0.2, 0) is 6.54 Å². The van der Waals surface area contributed by atoms with E-state index < -0.39 is 0 Å². The van der Waals surface area contributed by atoms with Gasteiger partial charge in [-0.25, -0.2) is 0 Å². The number of rotatable bonds is 7. The Labute approximate surface area is 122 Å². The summed E-state index contributed by atoms with van der Waals surface area (Å²) in [5.41, 5.74) is 2.66. The maximum Gasteiger partial charge on any atom is 0.120 e. The van der Waals surface area contributed by atoms with Crippen molar-refractivity contribution in [3.05, 3.63) is 39.8 Å². The Kier molecular flexibility index (Phi) is 7.40. The summed E-state index contributed by atoms with van der Waals surface area (Å²) in [6.45, 7) is 6.72. The van der Waals surface area contributed by atoms with Crippen molar-refractivity contribution in [1.29, 1.82) is 0 Å². The molecule has 0 atom stereocenters. The maximum absolute atomic E-state index is 5.55. The molecule has 1 aromatic carbocycles. The third kappa shape index (κ3) is 5.89. The molecule has 0 unspecified atom stereocenters. The SMILES string of the molecule is CC(C)CNCc1cc(OC/C=C/Cl)ccc1Br. The van der Waals surface area contributed by atoms with Gasteiger partial charge in [-0.1, -0.05) is 41.4 Å². The number of ether oxygens (including phenoxy) is 1. The van der Waals surface area contributed by atoms with Crippen molar-refractivity contribution < 1.29 is 4.74 Å². The van der Waals surface area contributed by atoms with E-state index in [1.807, 2.05) is 18.2 Å². The number of halogens is 2. The Morgan fingerprint density at radius 1 is 1.44 bits per heavy atom. The van der Waals surface area contributed by atoms with Crippen LogP contribution in [0.4, 0.5) is 0 Å². The van der Waals surface area contributed by atoms with Crippen molar-refractivity contribution in [2.75, 3.05) is 13.2 Å². The monoisotopic (exact) mass is 331 g/mol. The van der Waals surface area contributed by atoms with E-state index in [0.717, 1.165) is 23.3 Å². The van der Waals surface area contributed by atoms with E-state index in [9.17, 15) is 0 Å². The second-order valence-electron chi connectivity index (χ2n) is 4.45. The molecule has 0 aromatic heterocycles. The predicted octanol–water partition coefficient (Wildman–Crippen LogP) is 4.33. The van der Waals surface area contributed by atoms with Crippen LogP contribution < -0.4 is 10.1 Å². The van der Waals surface area contributed by atoms with Crippen LogP contribution in [0.15, 0.2) is 34.3 Å². The first kappa shape index (κ1) is 15.5. The molecule has 1 aromatic rings. The molecule has 0 radical (unpaired) electrons. The summed E-state index contributed by atoms with van der Waals surface area (Å²) in [6.07, 6.45) is 1.76. The van der Waals surface area contributed by atoms with Crippen LogP contribution in [0.1, 0.15) is 19.4 Å². The summed E-state index contributed by atoms with van der Waals surface area (Å²) in [5, 5.41) is 3.42. The lowest BCUT2D eigenvalue weighted by Gasteiger charge is -2.11. The Morgan fingerprint density at radius 3 is 2.89 bits per heavy atom. The van der Waals surface area contributed by atoms with Gasteiger partial charge in [0.1, 0.15) is 12.4 Å². The zero-order valence-corrected chi connectivity index (χ0v) is 13.1. The minimum absolute atomic E-state index is 0.490. The van der Waals surface area contributed by atoms with E-state index in [-0.39, 0.29) is 0 Å². The standard InChI is InChI=1S/C14H19BrClNO/c1-11(2)9-17-10-12-8-13(4-5-14(12)15)18-7-3-6-16/h3-6,8,11,17H,7,9-10H2,1-2H3/b6-3+. The predicted molar refractivity (Wildman–Crippen MR) is 81.2 cm³/mol. The zero-order chi connectivity index (χ0) is 13.4. The van der Waals surface area contributed by atoms with Crippen LogP contribution in [0.25, 0.3) is 0 Å². The number of hydrogen-bond acceptors (Lipinski definition) is 2. The van der Waals surface area contributed by atoms with Crippen molar-refractivity contribution in [2.24, 2.45) is 5.92 Å². The summed E-state index contributed by atoms with van der Waals surface area (Å²) in [5.74, 6) is 1.51. The third-order valence-corrected chi connectivity index (χ3v) is 3.27. The molecule has 0 saturated heterocycles. The van der Waals surface area contributed by atoms with E-state index in [1.54, 1.807) is 6.08 Å². The molecular formula is C14H19BrClNO. The Hall–Kier alpha value is -0.510. The highest BCUT2D eigenvalue weighted by Crippen LogP contribution is 2.22. The molecule has 0 heterocycles. The Bertz CT molecular complexity index is 393. The van der Waals surface area contributed by atoms with E-state index in [2.05, 4.69) is 35.1 Å². The van der Waals surface area contributed by atoms with Crippen molar-refractivity contribution in [2.45, 2.75) is 20.4 Å². The molecule has 0 spiro atoms. The topological polar surface area (TPSA) is 21.3 Å². The summed E-state index contributed by atoms with van der Waals surface area (Å²) < 4.78 is 6.65. The van der Waals surface area contributed by atoms with Crippen LogP contribution in [0.5, 0.6) is 5.75 Å². The van der Waals surface area contributed by atoms with Gasteiger partial charge >= 0.3 is 0 Å². The summed E-state index contributed by atoms with van der Waals surface area (Å²) in [7, 11) is 0. The lowest BCUT2D eigenvalue weighted by atomic mass is 10.2. The largest absolute Gasteiger partial charge is 0.489 e. The molecular weight excluding hydrogens is 314 g/mol. The Balaban J connectivity index is 2.57. The van der Waals surface area contributed by atoms with Crippen LogP contribution in [0.2, 0.25) is 0 Å². The van der Waals surface area contributed by atoms with Gasteiger partial charge in [0.2, 0.25) is 0 Å². The number of nitrogens with one attached hydrogen (secondary N) is 1. The van der Waals surface area contributed by atoms with Gasteiger partial charge in [-0.05, 0) is 42.3 Å². The van der Waals surface area contributed by atoms with E-state index in [4.69, 9.17) is 16.3 Å². The van der Waals surface area contributed by atoms with Crippen molar-refractivity contribution in [3.8, 4) is 5.75 Å². The fraction of sp³-hybridized carbons (Fsp3) is 0.429. The molecule has 1 N–H and O–H groups in total. The van der Waals surface area contributed by atoms with Gasteiger partial charge < -0.3 is 10.1 Å².